The van der Waals surface area contributed by atoms with Crippen molar-refractivity contribution in [1.82, 2.24) is 0 Å². The Morgan fingerprint density at radius 2 is 1.74 bits per heavy atom. The molecule has 0 rings (SSSR count). The monoisotopic (exact) mass is 272 g/mol. The highest BCUT2D eigenvalue weighted by Gasteiger charge is 2.43. The lowest BCUT2D eigenvalue weighted by Crippen LogP contribution is -2.40. The van der Waals surface area contributed by atoms with Crippen molar-refractivity contribution in [2.75, 3.05) is 20.3 Å². The van der Waals surface area contributed by atoms with Gasteiger partial charge in [-0.2, -0.15) is 0 Å². The molecule has 0 saturated heterocycles. The highest BCUT2D eigenvalue weighted by atomic mass is 16.6. The Kier molecular flexibility index (Phi) is 7.65. The first-order valence-corrected chi connectivity index (χ1v) is 7.39. The van der Waals surface area contributed by atoms with Crippen LogP contribution in [-0.2, 0) is 14.3 Å². The third kappa shape index (κ3) is 5.52. The molecule has 0 heterocycles. The fourth-order valence-electron chi connectivity index (χ4n) is 2.40. The fraction of sp³-hybridized carbons (Fsp3) is 0.938. The number of ether oxygens (including phenoxy) is 2. The molecule has 0 aliphatic rings. The number of hydrogen-bond acceptors (Lipinski definition) is 3. The molecule has 0 bridgehead atoms. The van der Waals surface area contributed by atoms with E-state index in [1.54, 1.807) is 7.11 Å². The van der Waals surface area contributed by atoms with Crippen molar-refractivity contribution >= 4 is 5.97 Å². The Morgan fingerprint density at radius 1 is 1.16 bits per heavy atom. The second kappa shape index (κ2) is 7.88. The molecule has 2 atom stereocenters. The fourth-order valence-corrected chi connectivity index (χ4v) is 2.40. The molecule has 3 heteroatoms. The maximum Gasteiger partial charge on any atom is 0.312 e. The highest BCUT2D eigenvalue weighted by Crippen LogP contribution is 2.43. The van der Waals surface area contributed by atoms with E-state index in [-0.39, 0.29) is 11.4 Å². The first kappa shape index (κ1) is 18.4. The van der Waals surface area contributed by atoms with Gasteiger partial charge in [0.1, 0.15) is 6.61 Å². The molecular weight excluding hydrogens is 240 g/mol. The van der Waals surface area contributed by atoms with E-state index in [0.717, 1.165) is 19.3 Å². The lowest BCUT2D eigenvalue weighted by Gasteiger charge is -2.39. The van der Waals surface area contributed by atoms with E-state index in [1.165, 1.54) is 0 Å². The van der Waals surface area contributed by atoms with Crippen LogP contribution in [0.15, 0.2) is 0 Å². The van der Waals surface area contributed by atoms with Gasteiger partial charge in [-0.15, -0.1) is 0 Å². The van der Waals surface area contributed by atoms with E-state index < -0.39 is 5.41 Å². The molecular formula is C16H32O3. The zero-order valence-electron chi connectivity index (χ0n) is 13.8. The standard InChI is InChI=1S/C16H32O3/c1-8-13(3)16(6,12-15(4,5)9-2)14(17)19-11-10-18-7/h13H,8-12H2,1-7H3. The molecule has 2 unspecified atom stereocenters. The largest absolute Gasteiger partial charge is 0.463 e. The van der Waals surface area contributed by atoms with Crippen molar-refractivity contribution in [3.8, 4) is 0 Å². The van der Waals surface area contributed by atoms with Crippen molar-refractivity contribution in [1.29, 1.82) is 0 Å². The molecule has 0 aromatic rings. The third-order valence-corrected chi connectivity index (χ3v) is 4.49. The quantitative estimate of drug-likeness (QED) is 0.469. The summed E-state index contributed by atoms with van der Waals surface area (Å²) >= 11 is 0. The molecule has 0 aromatic carbocycles. The highest BCUT2D eigenvalue weighted by molar-refractivity contribution is 5.76. The zero-order valence-corrected chi connectivity index (χ0v) is 13.8. The van der Waals surface area contributed by atoms with E-state index in [2.05, 4.69) is 34.6 Å². The summed E-state index contributed by atoms with van der Waals surface area (Å²) in [7, 11) is 1.61. The second-order valence-corrected chi connectivity index (χ2v) is 6.55. The minimum atomic E-state index is -0.415. The Balaban J connectivity index is 4.91. The number of methoxy groups -OCH3 is 1. The van der Waals surface area contributed by atoms with Crippen LogP contribution < -0.4 is 0 Å². The maximum atomic E-state index is 12.5. The van der Waals surface area contributed by atoms with Gasteiger partial charge in [0, 0.05) is 7.11 Å². The smallest absolute Gasteiger partial charge is 0.312 e. The molecule has 19 heavy (non-hydrogen) atoms. The minimum absolute atomic E-state index is 0.0829. The van der Waals surface area contributed by atoms with Gasteiger partial charge in [0.2, 0.25) is 0 Å². The molecule has 3 nitrogen and oxygen atoms in total. The van der Waals surface area contributed by atoms with Crippen LogP contribution >= 0.6 is 0 Å². The number of rotatable bonds is 9. The summed E-state index contributed by atoms with van der Waals surface area (Å²) in [4.78, 5) is 12.5. The molecule has 0 amide bonds. The zero-order chi connectivity index (χ0) is 15.1. The first-order valence-electron chi connectivity index (χ1n) is 7.39. The summed E-state index contributed by atoms with van der Waals surface area (Å²) in [5, 5.41) is 0. The summed E-state index contributed by atoms with van der Waals surface area (Å²) in [5.41, 5.74) is -0.263. The van der Waals surface area contributed by atoms with Gasteiger partial charge < -0.3 is 9.47 Å². The molecule has 0 spiro atoms. The van der Waals surface area contributed by atoms with E-state index in [9.17, 15) is 4.79 Å². The number of hydrogen-bond donors (Lipinski definition) is 0. The summed E-state index contributed by atoms with van der Waals surface area (Å²) in [5.74, 6) is 0.230. The lowest BCUT2D eigenvalue weighted by atomic mass is 9.66. The number of carbonyl (C=O) groups is 1. The van der Waals surface area contributed by atoms with Crippen molar-refractivity contribution in [3.63, 3.8) is 0 Å². The van der Waals surface area contributed by atoms with Gasteiger partial charge in [0.15, 0.2) is 0 Å². The van der Waals surface area contributed by atoms with E-state index in [1.807, 2.05) is 6.92 Å². The van der Waals surface area contributed by atoms with Gasteiger partial charge in [-0.05, 0) is 24.7 Å². The van der Waals surface area contributed by atoms with Crippen LogP contribution in [0.2, 0.25) is 0 Å². The van der Waals surface area contributed by atoms with Gasteiger partial charge >= 0.3 is 5.97 Å². The Hall–Kier alpha value is -0.570. The van der Waals surface area contributed by atoms with Crippen LogP contribution in [0.5, 0.6) is 0 Å². The first-order chi connectivity index (χ1) is 8.73. The van der Waals surface area contributed by atoms with Crippen LogP contribution in [-0.4, -0.2) is 26.3 Å². The van der Waals surface area contributed by atoms with Gasteiger partial charge in [-0.1, -0.05) is 47.5 Å². The SMILES string of the molecule is CCC(C)C(C)(CC(C)(C)CC)C(=O)OCCOC. The van der Waals surface area contributed by atoms with Crippen LogP contribution in [0.1, 0.15) is 60.8 Å². The maximum absolute atomic E-state index is 12.5. The van der Waals surface area contributed by atoms with Gasteiger partial charge in [-0.3, -0.25) is 4.79 Å². The predicted octanol–water partition coefficient (Wildman–Crippen LogP) is 4.05. The average Bonchev–Trinajstić information content (AvgIpc) is 2.37. The number of carbonyl (C=O) groups excluding carboxylic acids is 1. The molecule has 0 fully saturated rings. The molecule has 0 radical (unpaired) electrons. The van der Waals surface area contributed by atoms with Crippen molar-refractivity contribution in [2.45, 2.75) is 60.8 Å². The Labute approximate surface area is 119 Å². The van der Waals surface area contributed by atoms with E-state index in [4.69, 9.17) is 9.47 Å². The van der Waals surface area contributed by atoms with E-state index in [0.29, 0.717) is 19.1 Å². The van der Waals surface area contributed by atoms with Gasteiger partial charge in [0.05, 0.1) is 12.0 Å². The summed E-state index contributed by atoms with van der Waals surface area (Å²) in [6, 6.07) is 0. The number of esters is 1. The van der Waals surface area contributed by atoms with Crippen LogP contribution in [0.4, 0.5) is 0 Å². The average molecular weight is 272 g/mol. The summed E-state index contributed by atoms with van der Waals surface area (Å²) in [6.07, 6.45) is 2.90. The second-order valence-electron chi connectivity index (χ2n) is 6.55. The lowest BCUT2D eigenvalue weighted by molar-refractivity contribution is -0.162. The van der Waals surface area contributed by atoms with Crippen molar-refractivity contribution in [3.05, 3.63) is 0 Å². The Bertz CT molecular complexity index is 273. The summed E-state index contributed by atoms with van der Waals surface area (Å²) < 4.78 is 10.3. The van der Waals surface area contributed by atoms with Crippen molar-refractivity contribution < 1.29 is 14.3 Å². The molecule has 114 valence electrons. The van der Waals surface area contributed by atoms with Crippen LogP contribution in [0.3, 0.4) is 0 Å². The predicted molar refractivity (Wildman–Crippen MR) is 79.1 cm³/mol. The third-order valence-electron chi connectivity index (χ3n) is 4.49. The normalized spacial score (nSPS) is 16.8. The molecule has 0 N–H and O–H groups in total. The van der Waals surface area contributed by atoms with Gasteiger partial charge in [-0.25, -0.2) is 0 Å². The Morgan fingerprint density at radius 3 is 2.16 bits per heavy atom. The topological polar surface area (TPSA) is 35.5 Å². The van der Waals surface area contributed by atoms with Crippen molar-refractivity contribution in [2.24, 2.45) is 16.7 Å². The van der Waals surface area contributed by atoms with E-state index >= 15 is 0 Å². The summed E-state index contributed by atoms with van der Waals surface area (Å²) in [6.45, 7) is 13.7. The molecule has 0 aliphatic heterocycles. The molecule has 0 saturated carbocycles. The van der Waals surface area contributed by atoms with Crippen LogP contribution in [0.25, 0.3) is 0 Å². The molecule has 0 aromatic heterocycles. The van der Waals surface area contributed by atoms with Crippen LogP contribution in [0, 0.1) is 16.7 Å². The molecule has 0 aliphatic carbocycles. The van der Waals surface area contributed by atoms with Gasteiger partial charge in [0.25, 0.3) is 0 Å². The minimum Gasteiger partial charge on any atom is -0.463 e.